The van der Waals surface area contributed by atoms with Crippen molar-refractivity contribution in [1.29, 1.82) is 0 Å². The molecular weight excluding hydrogens is 369 g/mol. The summed E-state index contributed by atoms with van der Waals surface area (Å²) in [5.41, 5.74) is 0. The van der Waals surface area contributed by atoms with E-state index in [1.165, 1.54) is 12.1 Å². The predicted octanol–water partition coefficient (Wildman–Crippen LogP) is 2.82. The molecule has 25 heavy (non-hydrogen) atoms. The maximum absolute atomic E-state index is 13.1. The smallest absolute Gasteiger partial charge is 0.261 e. The average molecular weight is 390 g/mol. The Labute approximate surface area is 152 Å². The fourth-order valence-corrected chi connectivity index (χ4v) is 5.62. The number of hydrogen-bond donors (Lipinski definition) is 0. The summed E-state index contributed by atoms with van der Waals surface area (Å²) in [6.07, 6.45) is 4.33. The highest BCUT2D eigenvalue weighted by Crippen LogP contribution is 2.30. The van der Waals surface area contributed by atoms with Gasteiger partial charge in [0, 0.05) is 12.1 Å². The minimum absolute atomic E-state index is 0.0204. The maximum atomic E-state index is 13.1. The second kappa shape index (κ2) is 7.50. The highest BCUT2D eigenvalue weighted by atomic mass is 35.5. The number of sulfone groups is 1. The first-order valence-electron chi connectivity index (χ1n) is 8.45. The topological polar surface area (TPSA) is 63.7 Å². The van der Waals surface area contributed by atoms with Crippen molar-refractivity contribution in [2.24, 2.45) is 0 Å². The van der Waals surface area contributed by atoms with Gasteiger partial charge in [0.2, 0.25) is 0 Å². The van der Waals surface area contributed by atoms with Gasteiger partial charge in [0.15, 0.2) is 16.4 Å². The Hall–Kier alpha value is -1.34. The van der Waals surface area contributed by atoms with Gasteiger partial charge in [-0.1, -0.05) is 24.4 Å². The number of carbonyl (C=O) groups is 1. The Bertz CT molecular complexity index is 749. The predicted molar refractivity (Wildman–Crippen MR) is 93.1 cm³/mol. The lowest BCUT2D eigenvalue weighted by atomic mass is 10.1. The van der Waals surface area contributed by atoms with E-state index in [0.29, 0.717) is 6.42 Å². The van der Waals surface area contributed by atoms with Crippen LogP contribution in [0.5, 0.6) is 5.75 Å². The average Bonchev–Trinajstić information content (AvgIpc) is 3.17. The molecule has 1 aromatic rings. The van der Waals surface area contributed by atoms with Crippen LogP contribution in [0, 0.1) is 5.82 Å². The summed E-state index contributed by atoms with van der Waals surface area (Å²) in [5.74, 6) is -0.339. The zero-order valence-electron chi connectivity index (χ0n) is 13.8. The summed E-state index contributed by atoms with van der Waals surface area (Å²) in [7, 11) is -3.08. The zero-order valence-corrected chi connectivity index (χ0v) is 15.4. The largest absolute Gasteiger partial charge is 0.482 e. The minimum atomic E-state index is -3.08. The molecule has 1 aromatic carbocycles. The van der Waals surface area contributed by atoms with Gasteiger partial charge >= 0.3 is 0 Å². The lowest BCUT2D eigenvalue weighted by Crippen LogP contribution is -2.48. The number of halogens is 2. The molecule has 0 bridgehead atoms. The third kappa shape index (κ3) is 4.44. The van der Waals surface area contributed by atoms with E-state index >= 15 is 0 Å². The molecular formula is C17H21ClFNO4S. The van der Waals surface area contributed by atoms with E-state index in [1.54, 1.807) is 4.90 Å². The van der Waals surface area contributed by atoms with Gasteiger partial charge in [0.1, 0.15) is 11.6 Å². The van der Waals surface area contributed by atoms with Gasteiger partial charge in [-0.3, -0.25) is 4.79 Å². The van der Waals surface area contributed by atoms with E-state index in [0.717, 1.165) is 31.7 Å². The lowest BCUT2D eigenvalue weighted by Gasteiger charge is -2.34. The quantitative estimate of drug-likeness (QED) is 0.776. The first kappa shape index (κ1) is 18.5. The van der Waals surface area contributed by atoms with Crippen LogP contribution in [0.2, 0.25) is 5.02 Å². The Balaban J connectivity index is 1.70. The van der Waals surface area contributed by atoms with Crippen molar-refractivity contribution in [3.05, 3.63) is 29.0 Å². The first-order chi connectivity index (χ1) is 11.9. The van der Waals surface area contributed by atoms with Gasteiger partial charge in [-0.05, 0) is 37.5 Å². The summed E-state index contributed by atoms with van der Waals surface area (Å²) in [6, 6.07) is 3.50. The van der Waals surface area contributed by atoms with Crippen LogP contribution in [0.4, 0.5) is 4.39 Å². The van der Waals surface area contributed by atoms with Gasteiger partial charge in [-0.25, -0.2) is 12.8 Å². The van der Waals surface area contributed by atoms with Crippen molar-refractivity contribution in [3.8, 4) is 5.75 Å². The second-order valence-corrected chi connectivity index (χ2v) is 9.30. The van der Waals surface area contributed by atoms with E-state index in [4.69, 9.17) is 16.3 Å². The molecule has 1 aliphatic heterocycles. The zero-order chi connectivity index (χ0) is 18.0. The number of hydrogen-bond acceptors (Lipinski definition) is 4. The maximum Gasteiger partial charge on any atom is 0.261 e. The first-order valence-corrected chi connectivity index (χ1v) is 10.6. The number of benzene rings is 1. The fraction of sp³-hybridized carbons (Fsp3) is 0.588. The minimum Gasteiger partial charge on any atom is -0.482 e. The number of ether oxygens (including phenoxy) is 1. The molecule has 0 unspecified atom stereocenters. The van der Waals surface area contributed by atoms with Gasteiger partial charge in [-0.2, -0.15) is 0 Å². The monoisotopic (exact) mass is 389 g/mol. The van der Waals surface area contributed by atoms with Gasteiger partial charge in [0.05, 0.1) is 16.5 Å². The standard InChI is InChI=1S/C17H21ClFNO4S/c18-15-9-12(19)5-6-16(15)24-10-17(21)20(13-3-1-2-4-13)14-7-8-25(22,23)11-14/h5-6,9,13-14H,1-4,7-8,10-11H2/t14-/m0/s1. The molecule has 0 aromatic heterocycles. The molecule has 1 saturated carbocycles. The number of amides is 1. The molecule has 1 saturated heterocycles. The van der Waals surface area contributed by atoms with Crippen LogP contribution in [0.3, 0.4) is 0 Å². The SMILES string of the molecule is O=C(COc1ccc(F)cc1Cl)N(C1CCCC1)[C@H]1CCS(=O)(=O)C1. The molecule has 0 spiro atoms. The molecule has 138 valence electrons. The second-order valence-electron chi connectivity index (χ2n) is 6.66. The molecule has 8 heteroatoms. The molecule has 2 aliphatic rings. The lowest BCUT2D eigenvalue weighted by molar-refractivity contribution is -0.137. The third-order valence-corrected chi connectivity index (χ3v) is 6.90. The van der Waals surface area contributed by atoms with E-state index in [-0.39, 0.29) is 46.9 Å². The molecule has 1 atom stereocenters. The Morgan fingerprint density at radius 2 is 1.96 bits per heavy atom. The Morgan fingerprint density at radius 3 is 2.56 bits per heavy atom. The molecule has 0 N–H and O–H groups in total. The van der Waals surface area contributed by atoms with Crippen LogP contribution < -0.4 is 4.74 Å². The summed E-state index contributed by atoms with van der Waals surface area (Å²) in [5, 5.41) is 0.101. The van der Waals surface area contributed by atoms with E-state index in [9.17, 15) is 17.6 Å². The fourth-order valence-electron chi connectivity index (χ4n) is 3.69. The third-order valence-electron chi connectivity index (χ3n) is 4.85. The summed E-state index contributed by atoms with van der Waals surface area (Å²) < 4.78 is 42.2. The van der Waals surface area contributed by atoms with Gasteiger partial charge in [0.25, 0.3) is 5.91 Å². The summed E-state index contributed by atoms with van der Waals surface area (Å²) >= 11 is 5.91. The Kier molecular flexibility index (Phi) is 5.53. The summed E-state index contributed by atoms with van der Waals surface area (Å²) in [4.78, 5) is 14.5. The molecule has 1 heterocycles. The molecule has 3 rings (SSSR count). The van der Waals surface area contributed by atoms with Crippen LogP contribution in [0.1, 0.15) is 32.1 Å². The molecule has 1 amide bonds. The molecule has 5 nitrogen and oxygen atoms in total. The van der Waals surface area contributed by atoms with Crippen molar-refractivity contribution < 1.29 is 22.3 Å². The molecule has 1 aliphatic carbocycles. The van der Waals surface area contributed by atoms with Crippen molar-refractivity contribution in [1.82, 2.24) is 4.90 Å². The van der Waals surface area contributed by atoms with Crippen LogP contribution >= 0.6 is 11.6 Å². The van der Waals surface area contributed by atoms with Crippen LogP contribution in [-0.4, -0.2) is 49.4 Å². The van der Waals surface area contributed by atoms with Crippen molar-refractivity contribution in [2.75, 3.05) is 18.1 Å². The van der Waals surface area contributed by atoms with Crippen molar-refractivity contribution in [2.45, 2.75) is 44.2 Å². The number of rotatable bonds is 5. The summed E-state index contributed by atoms with van der Waals surface area (Å²) in [6.45, 7) is -0.238. The number of carbonyl (C=O) groups excluding carboxylic acids is 1. The van der Waals surface area contributed by atoms with E-state index < -0.39 is 15.7 Å². The van der Waals surface area contributed by atoms with Crippen molar-refractivity contribution >= 4 is 27.3 Å². The van der Waals surface area contributed by atoms with Crippen LogP contribution in [0.15, 0.2) is 18.2 Å². The molecule has 0 radical (unpaired) electrons. The van der Waals surface area contributed by atoms with E-state index in [1.807, 2.05) is 0 Å². The van der Waals surface area contributed by atoms with Gasteiger partial charge in [-0.15, -0.1) is 0 Å². The highest BCUT2D eigenvalue weighted by molar-refractivity contribution is 7.91. The highest BCUT2D eigenvalue weighted by Gasteiger charge is 2.39. The van der Waals surface area contributed by atoms with E-state index in [2.05, 4.69) is 0 Å². The Morgan fingerprint density at radius 1 is 1.24 bits per heavy atom. The number of nitrogens with zero attached hydrogens (tertiary/aromatic N) is 1. The van der Waals surface area contributed by atoms with Gasteiger partial charge < -0.3 is 9.64 Å². The van der Waals surface area contributed by atoms with Crippen LogP contribution in [-0.2, 0) is 14.6 Å². The van der Waals surface area contributed by atoms with Crippen molar-refractivity contribution in [3.63, 3.8) is 0 Å². The molecule has 2 fully saturated rings. The normalized spacial score (nSPS) is 22.9. The van der Waals surface area contributed by atoms with Crippen LogP contribution in [0.25, 0.3) is 0 Å².